The minimum absolute atomic E-state index is 0.446. The fraction of sp³-hybridized carbons (Fsp3) is 0.500. The van der Waals surface area contributed by atoms with E-state index in [1.165, 1.54) is 16.9 Å². The van der Waals surface area contributed by atoms with Crippen LogP contribution in [-0.4, -0.2) is 11.1 Å². The maximum absolute atomic E-state index is 10.6. The van der Waals surface area contributed by atoms with E-state index in [0.29, 0.717) is 10.8 Å². The Morgan fingerprint density at radius 3 is 2.54 bits per heavy atom. The van der Waals surface area contributed by atoms with Crippen molar-refractivity contribution in [3.05, 3.63) is 21.9 Å². The predicted molar refractivity (Wildman–Crippen MR) is 54.6 cm³/mol. The Labute approximate surface area is 82.2 Å². The van der Waals surface area contributed by atoms with Gasteiger partial charge < -0.3 is 5.11 Å². The fourth-order valence-electron chi connectivity index (χ4n) is 1.44. The SMILES string of the molecule is CCC(CC)c1csc(C(=O)O)c1. The molecule has 0 amide bonds. The highest BCUT2D eigenvalue weighted by atomic mass is 32.1. The van der Waals surface area contributed by atoms with Crippen molar-refractivity contribution in [2.75, 3.05) is 0 Å². The van der Waals surface area contributed by atoms with Crippen molar-refractivity contribution < 1.29 is 9.90 Å². The highest BCUT2D eigenvalue weighted by Gasteiger charge is 2.12. The zero-order chi connectivity index (χ0) is 9.84. The van der Waals surface area contributed by atoms with Crippen LogP contribution in [0.2, 0.25) is 0 Å². The van der Waals surface area contributed by atoms with Crippen LogP contribution in [0.4, 0.5) is 0 Å². The van der Waals surface area contributed by atoms with Gasteiger partial charge in [-0.25, -0.2) is 4.79 Å². The third kappa shape index (κ3) is 2.31. The standard InChI is InChI=1S/C10H14O2S/c1-3-7(4-2)8-5-9(10(11)12)13-6-8/h5-7H,3-4H2,1-2H3,(H,11,12). The fourth-order valence-corrected chi connectivity index (χ4v) is 2.27. The highest BCUT2D eigenvalue weighted by Crippen LogP contribution is 2.27. The molecule has 0 saturated heterocycles. The number of hydrogen-bond acceptors (Lipinski definition) is 2. The molecule has 0 bridgehead atoms. The second kappa shape index (κ2) is 4.42. The van der Waals surface area contributed by atoms with Crippen LogP contribution in [-0.2, 0) is 0 Å². The zero-order valence-electron chi connectivity index (χ0n) is 7.91. The average Bonchev–Trinajstić information content (AvgIpc) is 2.56. The average molecular weight is 198 g/mol. The van der Waals surface area contributed by atoms with E-state index in [2.05, 4.69) is 13.8 Å². The van der Waals surface area contributed by atoms with E-state index < -0.39 is 5.97 Å². The molecular formula is C10H14O2S. The lowest BCUT2D eigenvalue weighted by Gasteiger charge is -2.08. The molecule has 0 atom stereocenters. The Balaban J connectivity index is 2.84. The largest absolute Gasteiger partial charge is 0.477 e. The first-order valence-electron chi connectivity index (χ1n) is 4.50. The van der Waals surface area contributed by atoms with Crippen LogP contribution in [0.5, 0.6) is 0 Å². The monoisotopic (exact) mass is 198 g/mol. The summed E-state index contributed by atoms with van der Waals surface area (Å²) in [6.45, 7) is 4.26. The maximum Gasteiger partial charge on any atom is 0.345 e. The van der Waals surface area contributed by atoms with Gasteiger partial charge in [-0.15, -0.1) is 11.3 Å². The van der Waals surface area contributed by atoms with Gasteiger partial charge in [0.15, 0.2) is 0 Å². The summed E-state index contributed by atoms with van der Waals surface area (Å²) in [6.07, 6.45) is 2.15. The summed E-state index contributed by atoms with van der Waals surface area (Å²) in [5, 5.41) is 10.7. The van der Waals surface area contributed by atoms with Gasteiger partial charge in [-0.05, 0) is 35.8 Å². The molecule has 0 aliphatic heterocycles. The van der Waals surface area contributed by atoms with E-state index in [-0.39, 0.29) is 0 Å². The van der Waals surface area contributed by atoms with Crippen molar-refractivity contribution in [1.82, 2.24) is 0 Å². The summed E-state index contributed by atoms with van der Waals surface area (Å²) in [5.41, 5.74) is 1.17. The van der Waals surface area contributed by atoms with Crippen LogP contribution < -0.4 is 0 Å². The van der Waals surface area contributed by atoms with E-state index in [4.69, 9.17) is 5.11 Å². The molecule has 0 spiro atoms. The number of carbonyl (C=O) groups is 1. The smallest absolute Gasteiger partial charge is 0.345 e. The van der Waals surface area contributed by atoms with Crippen molar-refractivity contribution in [1.29, 1.82) is 0 Å². The number of aromatic carboxylic acids is 1. The molecule has 0 aliphatic carbocycles. The topological polar surface area (TPSA) is 37.3 Å². The van der Waals surface area contributed by atoms with E-state index in [0.717, 1.165) is 12.8 Å². The van der Waals surface area contributed by atoms with Gasteiger partial charge in [-0.2, -0.15) is 0 Å². The second-order valence-corrected chi connectivity index (χ2v) is 3.97. The van der Waals surface area contributed by atoms with Crippen LogP contribution in [0.15, 0.2) is 11.4 Å². The third-order valence-corrected chi connectivity index (χ3v) is 3.22. The predicted octanol–water partition coefficient (Wildman–Crippen LogP) is 3.35. The Morgan fingerprint density at radius 2 is 2.15 bits per heavy atom. The molecule has 1 aromatic rings. The van der Waals surface area contributed by atoms with Gasteiger partial charge in [0.05, 0.1) is 0 Å². The molecule has 1 heterocycles. The minimum Gasteiger partial charge on any atom is -0.477 e. The molecule has 0 aromatic carbocycles. The van der Waals surface area contributed by atoms with Gasteiger partial charge in [0.2, 0.25) is 0 Å². The highest BCUT2D eigenvalue weighted by molar-refractivity contribution is 7.12. The summed E-state index contributed by atoms with van der Waals surface area (Å²) < 4.78 is 0. The van der Waals surface area contributed by atoms with Crippen molar-refractivity contribution in [2.45, 2.75) is 32.6 Å². The van der Waals surface area contributed by atoms with Gasteiger partial charge in [0.1, 0.15) is 4.88 Å². The van der Waals surface area contributed by atoms with Gasteiger partial charge in [0, 0.05) is 0 Å². The third-order valence-electron chi connectivity index (χ3n) is 2.29. The lowest BCUT2D eigenvalue weighted by Crippen LogP contribution is -1.94. The number of rotatable bonds is 4. The molecule has 0 saturated carbocycles. The molecule has 0 fully saturated rings. The van der Waals surface area contributed by atoms with Gasteiger partial charge in [0.25, 0.3) is 0 Å². The van der Waals surface area contributed by atoms with E-state index in [9.17, 15) is 4.79 Å². The summed E-state index contributed by atoms with van der Waals surface area (Å²) in [5.74, 6) is -0.299. The summed E-state index contributed by atoms with van der Waals surface area (Å²) in [6, 6.07) is 1.80. The van der Waals surface area contributed by atoms with Crippen molar-refractivity contribution in [3.63, 3.8) is 0 Å². The van der Waals surface area contributed by atoms with E-state index in [1.807, 2.05) is 5.38 Å². The van der Waals surface area contributed by atoms with Gasteiger partial charge in [-0.3, -0.25) is 0 Å². The minimum atomic E-state index is -0.817. The molecule has 0 radical (unpaired) electrons. The second-order valence-electron chi connectivity index (χ2n) is 3.06. The van der Waals surface area contributed by atoms with Crippen LogP contribution in [0.1, 0.15) is 47.8 Å². The summed E-state index contributed by atoms with van der Waals surface area (Å²) in [4.78, 5) is 11.1. The first kappa shape index (κ1) is 10.3. The van der Waals surface area contributed by atoms with E-state index >= 15 is 0 Å². The summed E-state index contributed by atoms with van der Waals surface area (Å²) >= 11 is 1.32. The Hall–Kier alpha value is -0.830. The molecule has 1 aromatic heterocycles. The first-order chi connectivity index (χ1) is 6.19. The molecule has 3 heteroatoms. The zero-order valence-corrected chi connectivity index (χ0v) is 8.73. The molecular weight excluding hydrogens is 184 g/mol. The molecule has 0 unspecified atom stereocenters. The quantitative estimate of drug-likeness (QED) is 0.805. The molecule has 1 N–H and O–H groups in total. The normalized spacial score (nSPS) is 10.7. The lowest BCUT2D eigenvalue weighted by atomic mass is 9.96. The first-order valence-corrected chi connectivity index (χ1v) is 5.38. The van der Waals surface area contributed by atoms with Crippen molar-refractivity contribution >= 4 is 17.3 Å². The summed E-state index contributed by atoms with van der Waals surface area (Å²) in [7, 11) is 0. The molecule has 0 aliphatic rings. The van der Waals surface area contributed by atoms with E-state index in [1.54, 1.807) is 6.07 Å². The van der Waals surface area contributed by atoms with Crippen LogP contribution in [0.25, 0.3) is 0 Å². The number of thiophene rings is 1. The number of carboxylic acid groups (broad SMARTS) is 1. The maximum atomic E-state index is 10.6. The van der Waals surface area contributed by atoms with Crippen LogP contribution >= 0.6 is 11.3 Å². The van der Waals surface area contributed by atoms with Gasteiger partial charge >= 0.3 is 5.97 Å². The molecule has 1 rings (SSSR count). The number of carboxylic acids is 1. The lowest BCUT2D eigenvalue weighted by molar-refractivity contribution is 0.0702. The molecule has 72 valence electrons. The number of hydrogen-bond donors (Lipinski definition) is 1. The van der Waals surface area contributed by atoms with Crippen LogP contribution in [0.3, 0.4) is 0 Å². The Bertz CT molecular complexity index is 287. The molecule has 13 heavy (non-hydrogen) atoms. The van der Waals surface area contributed by atoms with Crippen LogP contribution in [0, 0.1) is 0 Å². The van der Waals surface area contributed by atoms with Crippen molar-refractivity contribution in [2.24, 2.45) is 0 Å². The van der Waals surface area contributed by atoms with Crippen molar-refractivity contribution in [3.8, 4) is 0 Å². The molecule has 2 nitrogen and oxygen atoms in total. The van der Waals surface area contributed by atoms with Gasteiger partial charge in [-0.1, -0.05) is 13.8 Å². The Morgan fingerprint density at radius 1 is 1.54 bits per heavy atom. The Kier molecular flexibility index (Phi) is 3.48.